The average Bonchev–Trinajstić information content (AvgIpc) is 2.39. The van der Waals surface area contributed by atoms with Crippen molar-refractivity contribution < 1.29 is 0 Å². The maximum absolute atomic E-state index is 6.34. The average molecular weight is 276 g/mol. The van der Waals surface area contributed by atoms with E-state index in [1.54, 1.807) is 0 Å². The van der Waals surface area contributed by atoms with E-state index in [9.17, 15) is 0 Å². The van der Waals surface area contributed by atoms with Crippen molar-refractivity contribution in [3.05, 3.63) is 35.4 Å². The first kappa shape index (κ1) is 17.2. The van der Waals surface area contributed by atoms with E-state index in [-0.39, 0.29) is 6.04 Å². The van der Waals surface area contributed by atoms with Gasteiger partial charge >= 0.3 is 0 Å². The highest BCUT2D eigenvalue weighted by Crippen LogP contribution is 2.16. The lowest BCUT2D eigenvalue weighted by Gasteiger charge is -2.27. The van der Waals surface area contributed by atoms with Gasteiger partial charge in [0.05, 0.1) is 0 Å². The van der Waals surface area contributed by atoms with Crippen LogP contribution in [0, 0.1) is 5.92 Å². The molecule has 0 fully saturated rings. The van der Waals surface area contributed by atoms with Crippen molar-refractivity contribution in [3.8, 4) is 0 Å². The van der Waals surface area contributed by atoms with Gasteiger partial charge in [-0.2, -0.15) is 0 Å². The van der Waals surface area contributed by atoms with Crippen LogP contribution in [0.5, 0.6) is 0 Å². The third-order valence-electron chi connectivity index (χ3n) is 4.00. The van der Waals surface area contributed by atoms with Crippen molar-refractivity contribution in [3.63, 3.8) is 0 Å². The first-order chi connectivity index (χ1) is 9.43. The van der Waals surface area contributed by atoms with E-state index in [1.807, 2.05) is 0 Å². The topological polar surface area (TPSA) is 29.3 Å². The molecule has 0 amide bonds. The van der Waals surface area contributed by atoms with E-state index in [1.165, 1.54) is 24.0 Å². The molecule has 0 aliphatic rings. The summed E-state index contributed by atoms with van der Waals surface area (Å²) >= 11 is 0. The number of benzene rings is 1. The molecule has 2 atom stereocenters. The quantitative estimate of drug-likeness (QED) is 0.777. The van der Waals surface area contributed by atoms with Crippen LogP contribution in [0.15, 0.2) is 24.3 Å². The molecule has 2 nitrogen and oxygen atoms in total. The van der Waals surface area contributed by atoms with Crippen LogP contribution in [0.2, 0.25) is 0 Å². The van der Waals surface area contributed by atoms with Crippen molar-refractivity contribution in [2.24, 2.45) is 11.7 Å². The number of rotatable bonds is 8. The molecule has 0 aliphatic heterocycles. The normalized spacial score (nSPS) is 14.8. The van der Waals surface area contributed by atoms with E-state index in [0.717, 1.165) is 13.0 Å². The molecule has 1 aromatic carbocycles. The van der Waals surface area contributed by atoms with Crippen molar-refractivity contribution in [2.75, 3.05) is 13.6 Å². The highest BCUT2D eigenvalue weighted by Gasteiger charge is 2.13. The molecule has 2 heteroatoms. The van der Waals surface area contributed by atoms with Gasteiger partial charge in [0.15, 0.2) is 0 Å². The van der Waals surface area contributed by atoms with Gasteiger partial charge in [-0.05, 0) is 43.9 Å². The SMILES string of the molecule is CCCC(C)N(C)CC(N)c1ccc(CC(C)C)cc1. The molecule has 114 valence electrons. The van der Waals surface area contributed by atoms with Gasteiger partial charge in [0.2, 0.25) is 0 Å². The molecule has 0 heterocycles. The van der Waals surface area contributed by atoms with Crippen LogP contribution in [-0.4, -0.2) is 24.5 Å². The number of hydrogen-bond acceptors (Lipinski definition) is 2. The largest absolute Gasteiger partial charge is 0.323 e. The number of nitrogens with zero attached hydrogens (tertiary/aromatic N) is 1. The first-order valence-corrected chi connectivity index (χ1v) is 7.98. The van der Waals surface area contributed by atoms with Gasteiger partial charge in [-0.15, -0.1) is 0 Å². The van der Waals surface area contributed by atoms with Crippen molar-refractivity contribution >= 4 is 0 Å². The second-order valence-electron chi connectivity index (χ2n) is 6.52. The molecule has 2 unspecified atom stereocenters. The van der Waals surface area contributed by atoms with Crippen molar-refractivity contribution in [1.29, 1.82) is 0 Å². The van der Waals surface area contributed by atoms with Crippen molar-refractivity contribution in [2.45, 2.75) is 59.0 Å². The summed E-state index contributed by atoms with van der Waals surface area (Å²) in [5, 5.41) is 0. The van der Waals surface area contributed by atoms with Gasteiger partial charge in [0.25, 0.3) is 0 Å². The molecule has 0 spiro atoms. The molecule has 0 radical (unpaired) electrons. The third kappa shape index (κ3) is 5.64. The zero-order chi connectivity index (χ0) is 15.1. The van der Waals surface area contributed by atoms with Gasteiger partial charge < -0.3 is 10.6 Å². The molecule has 1 aromatic rings. The second kappa shape index (κ2) is 8.43. The molecule has 0 aliphatic carbocycles. The molecule has 2 N–H and O–H groups in total. The maximum Gasteiger partial charge on any atom is 0.0424 e. The minimum atomic E-state index is 0.104. The standard InChI is InChI=1S/C18H32N2/c1-6-7-15(4)20(5)13-18(19)17-10-8-16(9-11-17)12-14(2)3/h8-11,14-15,18H,6-7,12-13,19H2,1-5H3. The highest BCUT2D eigenvalue weighted by atomic mass is 15.1. The van der Waals surface area contributed by atoms with Crippen LogP contribution in [0.4, 0.5) is 0 Å². The fourth-order valence-electron chi connectivity index (χ4n) is 2.61. The Bertz CT molecular complexity index is 370. The Labute approximate surface area is 125 Å². The molecule has 20 heavy (non-hydrogen) atoms. The molecule has 0 bridgehead atoms. The van der Waals surface area contributed by atoms with Crippen LogP contribution < -0.4 is 5.73 Å². The van der Waals surface area contributed by atoms with Crippen LogP contribution >= 0.6 is 0 Å². The summed E-state index contributed by atoms with van der Waals surface area (Å²) in [4.78, 5) is 2.37. The van der Waals surface area contributed by atoms with E-state index >= 15 is 0 Å². The third-order valence-corrected chi connectivity index (χ3v) is 4.00. The van der Waals surface area contributed by atoms with E-state index in [2.05, 4.69) is 63.9 Å². The minimum absolute atomic E-state index is 0.104. The Morgan fingerprint density at radius 2 is 1.70 bits per heavy atom. The van der Waals surface area contributed by atoms with E-state index in [4.69, 9.17) is 5.73 Å². The molecular formula is C18H32N2. The number of hydrogen-bond donors (Lipinski definition) is 1. The summed E-state index contributed by atoms with van der Waals surface area (Å²) in [7, 11) is 2.17. The Hall–Kier alpha value is -0.860. The highest BCUT2D eigenvalue weighted by molar-refractivity contribution is 5.25. The lowest BCUT2D eigenvalue weighted by Crippen LogP contribution is -2.35. The molecule has 0 aromatic heterocycles. The molecule has 1 rings (SSSR count). The summed E-state index contributed by atoms with van der Waals surface area (Å²) in [5.41, 5.74) is 8.99. The van der Waals surface area contributed by atoms with E-state index < -0.39 is 0 Å². The lowest BCUT2D eigenvalue weighted by atomic mass is 9.99. The second-order valence-corrected chi connectivity index (χ2v) is 6.52. The Morgan fingerprint density at radius 1 is 1.10 bits per heavy atom. The molecule has 0 saturated heterocycles. The van der Waals surface area contributed by atoms with Crippen LogP contribution in [0.1, 0.15) is 57.7 Å². The predicted molar refractivity (Wildman–Crippen MR) is 88.9 cm³/mol. The van der Waals surface area contributed by atoms with Gasteiger partial charge in [-0.1, -0.05) is 51.5 Å². The Balaban J connectivity index is 2.56. The number of likely N-dealkylation sites (N-methyl/N-ethyl adjacent to an activating group) is 1. The smallest absolute Gasteiger partial charge is 0.0424 e. The molecule has 0 saturated carbocycles. The van der Waals surface area contributed by atoms with Crippen LogP contribution in [-0.2, 0) is 6.42 Å². The zero-order valence-electron chi connectivity index (χ0n) is 13.9. The Morgan fingerprint density at radius 3 is 2.20 bits per heavy atom. The first-order valence-electron chi connectivity index (χ1n) is 7.98. The fraction of sp³-hybridized carbons (Fsp3) is 0.667. The summed E-state index contributed by atoms with van der Waals surface area (Å²) in [6, 6.07) is 9.55. The van der Waals surface area contributed by atoms with Gasteiger partial charge in [0.1, 0.15) is 0 Å². The lowest BCUT2D eigenvalue weighted by molar-refractivity contribution is 0.231. The maximum atomic E-state index is 6.34. The van der Waals surface area contributed by atoms with Crippen molar-refractivity contribution in [1.82, 2.24) is 4.90 Å². The monoisotopic (exact) mass is 276 g/mol. The summed E-state index contributed by atoms with van der Waals surface area (Å²) in [6.07, 6.45) is 3.60. The minimum Gasteiger partial charge on any atom is -0.323 e. The predicted octanol–water partition coefficient (Wildman–Crippen LogP) is 4.01. The van der Waals surface area contributed by atoms with Crippen LogP contribution in [0.25, 0.3) is 0 Å². The van der Waals surface area contributed by atoms with Gasteiger partial charge in [0, 0.05) is 18.6 Å². The van der Waals surface area contributed by atoms with Gasteiger partial charge in [-0.3, -0.25) is 0 Å². The number of nitrogens with two attached hydrogens (primary N) is 1. The van der Waals surface area contributed by atoms with Crippen LogP contribution in [0.3, 0.4) is 0 Å². The summed E-state index contributed by atoms with van der Waals surface area (Å²) in [5.74, 6) is 0.704. The zero-order valence-corrected chi connectivity index (χ0v) is 13.9. The molecular weight excluding hydrogens is 244 g/mol. The fourth-order valence-corrected chi connectivity index (χ4v) is 2.61. The van der Waals surface area contributed by atoms with Gasteiger partial charge in [-0.25, -0.2) is 0 Å². The Kier molecular flexibility index (Phi) is 7.25. The summed E-state index contributed by atoms with van der Waals surface area (Å²) in [6.45, 7) is 9.94. The van der Waals surface area contributed by atoms with E-state index in [0.29, 0.717) is 12.0 Å². The summed E-state index contributed by atoms with van der Waals surface area (Å²) < 4.78 is 0.